The zero-order valence-electron chi connectivity index (χ0n) is 9.16. The van der Waals surface area contributed by atoms with Crippen molar-refractivity contribution in [3.05, 3.63) is 21.9 Å². The van der Waals surface area contributed by atoms with Crippen molar-refractivity contribution in [1.82, 2.24) is 9.97 Å². The van der Waals surface area contributed by atoms with Gasteiger partial charge in [0, 0.05) is 4.88 Å². The molecule has 16 heavy (non-hydrogen) atoms. The lowest BCUT2D eigenvalue weighted by molar-refractivity contribution is 0.611. The first-order valence-electron chi connectivity index (χ1n) is 5.73. The Bertz CT molecular complexity index is 535. The topological polar surface area (TPSA) is 25.8 Å². The summed E-state index contributed by atoms with van der Waals surface area (Å²) in [7, 11) is 0. The molecule has 84 valence electrons. The second-order valence-corrected chi connectivity index (χ2v) is 5.75. The van der Waals surface area contributed by atoms with Crippen molar-refractivity contribution in [3.8, 4) is 0 Å². The maximum Gasteiger partial charge on any atom is 0.141 e. The molecule has 2 aromatic rings. The molecule has 3 rings (SSSR count). The summed E-state index contributed by atoms with van der Waals surface area (Å²) >= 11 is 8.00. The lowest BCUT2D eigenvalue weighted by Crippen LogP contribution is -1.93. The molecule has 0 bridgehead atoms. The van der Waals surface area contributed by atoms with E-state index in [0.717, 1.165) is 10.2 Å². The number of rotatable bonds is 2. The summed E-state index contributed by atoms with van der Waals surface area (Å²) in [6.07, 6.45) is 6.51. The van der Waals surface area contributed by atoms with Crippen molar-refractivity contribution in [2.75, 3.05) is 0 Å². The van der Waals surface area contributed by atoms with Crippen LogP contribution in [-0.4, -0.2) is 9.97 Å². The molecule has 0 unspecified atom stereocenters. The molecular formula is C12H13ClN2S. The SMILES string of the molecule is CCC[C@H]1CCc2sc3ncnc(Cl)c3c21. The minimum absolute atomic E-state index is 0.630. The molecule has 0 spiro atoms. The summed E-state index contributed by atoms with van der Waals surface area (Å²) in [5.74, 6) is 0.678. The maximum atomic E-state index is 6.20. The molecule has 1 atom stereocenters. The van der Waals surface area contributed by atoms with E-state index in [-0.39, 0.29) is 0 Å². The molecule has 2 heterocycles. The van der Waals surface area contributed by atoms with Gasteiger partial charge in [-0.3, -0.25) is 0 Å². The number of hydrogen-bond donors (Lipinski definition) is 0. The molecule has 0 saturated heterocycles. The largest absolute Gasteiger partial charge is 0.225 e. The van der Waals surface area contributed by atoms with E-state index in [2.05, 4.69) is 16.9 Å². The predicted octanol–water partition coefficient (Wildman–Crippen LogP) is 4.17. The van der Waals surface area contributed by atoms with Crippen LogP contribution in [0.3, 0.4) is 0 Å². The second kappa shape index (κ2) is 3.97. The normalized spacial score (nSPS) is 19.2. The van der Waals surface area contributed by atoms with E-state index in [1.54, 1.807) is 17.7 Å². The lowest BCUT2D eigenvalue weighted by atomic mass is 9.96. The highest BCUT2D eigenvalue weighted by Gasteiger charge is 2.28. The Labute approximate surface area is 104 Å². The molecule has 0 amide bonds. The predicted molar refractivity (Wildman–Crippen MR) is 68.4 cm³/mol. The van der Waals surface area contributed by atoms with E-state index >= 15 is 0 Å². The zero-order valence-corrected chi connectivity index (χ0v) is 10.7. The summed E-state index contributed by atoms with van der Waals surface area (Å²) in [6.45, 7) is 2.24. The molecule has 1 aliphatic carbocycles. The van der Waals surface area contributed by atoms with Crippen LogP contribution in [-0.2, 0) is 6.42 Å². The van der Waals surface area contributed by atoms with Gasteiger partial charge in [-0.15, -0.1) is 11.3 Å². The maximum absolute atomic E-state index is 6.20. The van der Waals surface area contributed by atoms with Gasteiger partial charge in [0.05, 0.1) is 5.39 Å². The Hall–Kier alpha value is -0.670. The number of thiophene rings is 1. The molecule has 0 aromatic carbocycles. The van der Waals surface area contributed by atoms with E-state index in [1.807, 2.05) is 0 Å². The molecule has 4 heteroatoms. The molecule has 2 aromatic heterocycles. The summed E-state index contributed by atoms with van der Waals surface area (Å²) < 4.78 is 0. The molecule has 1 aliphatic rings. The van der Waals surface area contributed by atoms with Crippen LogP contribution in [0, 0.1) is 0 Å². The van der Waals surface area contributed by atoms with Crippen molar-refractivity contribution >= 4 is 33.2 Å². The van der Waals surface area contributed by atoms with Crippen molar-refractivity contribution in [3.63, 3.8) is 0 Å². The highest BCUT2D eigenvalue weighted by Crippen LogP contribution is 2.46. The Balaban J connectivity index is 2.22. The lowest BCUT2D eigenvalue weighted by Gasteiger charge is -2.09. The van der Waals surface area contributed by atoms with Gasteiger partial charge in [0.25, 0.3) is 0 Å². The van der Waals surface area contributed by atoms with Crippen molar-refractivity contribution in [2.45, 2.75) is 38.5 Å². The van der Waals surface area contributed by atoms with Crippen molar-refractivity contribution < 1.29 is 0 Å². The third kappa shape index (κ3) is 1.45. The number of aromatic nitrogens is 2. The quantitative estimate of drug-likeness (QED) is 0.750. The number of halogens is 1. The fourth-order valence-corrected chi connectivity index (χ4v) is 4.20. The minimum Gasteiger partial charge on any atom is -0.225 e. The third-order valence-corrected chi connectivity index (χ3v) is 4.78. The van der Waals surface area contributed by atoms with E-state index < -0.39 is 0 Å². The van der Waals surface area contributed by atoms with Crippen LogP contribution in [0.5, 0.6) is 0 Å². The van der Waals surface area contributed by atoms with Crippen LogP contribution in [0.15, 0.2) is 6.33 Å². The van der Waals surface area contributed by atoms with Crippen LogP contribution in [0.25, 0.3) is 10.2 Å². The van der Waals surface area contributed by atoms with Crippen LogP contribution < -0.4 is 0 Å². The smallest absolute Gasteiger partial charge is 0.141 e. The number of aryl methyl sites for hydroxylation is 1. The van der Waals surface area contributed by atoms with Gasteiger partial charge in [0.1, 0.15) is 16.3 Å². The molecule has 0 fully saturated rings. The first-order valence-corrected chi connectivity index (χ1v) is 6.92. The Morgan fingerprint density at radius 2 is 2.38 bits per heavy atom. The summed E-state index contributed by atoms with van der Waals surface area (Å²) in [6, 6.07) is 0. The number of nitrogens with zero attached hydrogens (tertiary/aromatic N) is 2. The monoisotopic (exact) mass is 252 g/mol. The van der Waals surface area contributed by atoms with Crippen molar-refractivity contribution in [1.29, 1.82) is 0 Å². The average Bonchev–Trinajstić information content (AvgIpc) is 2.79. The van der Waals surface area contributed by atoms with Crippen LogP contribution in [0.2, 0.25) is 5.15 Å². The number of fused-ring (bicyclic) bond motifs is 3. The summed E-state index contributed by atoms with van der Waals surface area (Å²) in [5, 5.41) is 1.76. The van der Waals surface area contributed by atoms with Gasteiger partial charge < -0.3 is 0 Å². The second-order valence-electron chi connectivity index (χ2n) is 4.31. The highest BCUT2D eigenvalue weighted by molar-refractivity contribution is 7.19. The molecule has 0 radical (unpaired) electrons. The minimum atomic E-state index is 0.630. The first kappa shape index (κ1) is 10.5. The van der Waals surface area contributed by atoms with Gasteiger partial charge in [-0.2, -0.15) is 0 Å². The molecule has 0 saturated carbocycles. The molecule has 0 N–H and O–H groups in total. The van der Waals surface area contributed by atoms with Crippen LogP contribution in [0.4, 0.5) is 0 Å². The first-order chi connectivity index (χ1) is 7.81. The van der Waals surface area contributed by atoms with Gasteiger partial charge >= 0.3 is 0 Å². The van der Waals surface area contributed by atoms with Gasteiger partial charge in [0.2, 0.25) is 0 Å². The highest BCUT2D eigenvalue weighted by atomic mass is 35.5. The summed E-state index contributed by atoms with van der Waals surface area (Å²) in [5.41, 5.74) is 1.45. The summed E-state index contributed by atoms with van der Waals surface area (Å²) in [4.78, 5) is 11.0. The fourth-order valence-electron chi connectivity index (χ4n) is 2.67. The standard InChI is InChI=1S/C12H13ClN2S/c1-2-3-7-4-5-8-9(7)10-11(13)14-6-15-12(10)16-8/h6-7H,2-5H2,1H3/t7-/m0/s1. The van der Waals surface area contributed by atoms with Crippen LogP contribution in [0.1, 0.15) is 42.5 Å². The Morgan fingerprint density at radius 1 is 1.50 bits per heavy atom. The van der Waals surface area contributed by atoms with Gasteiger partial charge in [0.15, 0.2) is 0 Å². The van der Waals surface area contributed by atoms with E-state index in [4.69, 9.17) is 11.6 Å². The van der Waals surface area contributed by atoms with E-state index in [9.17, 15) is 0 Å². The van der Waals surface area contributed by atoms with Crippen LogP contribution >= 0.6 is 22.9 Å². The third-order valence-electron chi connectivity index (χ3n) is 3.32. The van der Waals surface area contributed by atoms with E-state index in [1.165, 1.54) is 36.1 Å². The molecule has 2 nitrogen and oxygen atoms in total. The average molecular weight is 253 g/mol. The zero-order chi connectivity index (χ0) is 11.1. The van der Waals surface area contributed by atoms with Gasteiger partial charge in [-0.1, -0.05) is 24.9 Å². The fraction of sp³-hybridized carbons (Fsp3) is 0.500. The van der Waals surface area contributed by atoms with Gasteiger partial charge in [-0.05, 0) is 30.7 Å². The number of hydrogen-bond acceptors (Lipinski definition) is 3. The Morgan fingerprint density at radius 3 is 3.19 bits per heavy atom. The molecular weight excluding hydrogens is 240 g/mol. The Kier molecular flexibility index (Phi) is 2.60. The van der Waals surface area contributed by atoms with E-state index in [0.29, 0.717) is 11.1 Å². The van der Waals surface area contributed by atoms with Crippen molar-refractivity contribution in [2.24, 2.45) is 0 Å². The van der Waals surface area contributed by atoms with Gasteiger partial charge in [-0.25, -0.2) is 9.97 Å². The molecule has 0 aliphatic heterocycles.